The summed E-state index contributed by atoms with van der Waals surface area (Å²) in [7, 11) is 0. The third-order valence-electron chi connectivity index (χ3n) is 2.38. The molecule has 1 heterocycles. The largest absolute Gasteiger partial charge is 0.365 e. The van der Waals surface area contributed by atoms with Crippen LogP contribution in [0, 0.1) is 0 Å². The minimum Gasteiger partial charge on any atom is -0.365 e. The van der Waals surface area contributed by atoms with Crippen LogP contribution in [0.1, 0.15) is 0 Å². The molecule has 1 atom stereocenters. The lowest BCUT2D eigenvalue weighted by atomic mass is 10.3. The zero-order chi connectivity index (χ0) is 13.1. The molecule has 4 nitrogen and oxygen atoms in total. The molecule has 0 radical (unpaired) electrons. The Morgan fingerprint density at radius 1 is 1.33 bits per heavy atom. The quantitative estimate of drug-likeness (QED) is 0.849. The maximum Gasteiger partial charge on any atom is 0.290 e. The van der Waals surface area contributed by atoms with E-state index in [1.165, 1.54) is 4.90 Å². The summed E-state index contributed by atoms with van der Waals surface area (Å²) < 4.78 is 0.957. The van der Waals surface area contributed by atoms with E-state index in [0.717, 1.165) is 21.9 Å². The molecule has 96 valence electrons. The Labute approximate surface area is 122 Å². The highest BCUT2D eigenvalue weighted by molar-refractivity contribution is 9.10. The Bertz CT molecular complexity index is 469. The van der Waals surface area contributed by atoms with Crippen LogP contribution in [0.3, 0.4) is 0 Å². The van der Waals surface area contributed by atoms with Crippen LogP contribution in [0.5, 0.6) is 0 Å². The van der Waals surface area contributed by atoms with E-state index in [4.69, 9.17) is 11.6 Å². The van der Waals surface area contributed by atoms with Gasteiger partial charge in [-0.05, 0) is 36.0 Å². The van der Waals surface area contributed by atoms with Crippen LogP contribution < -0.4 is 5.32 Å². The summed E-state index contributed by atoms with van der Waals surface area (Å²) in [5.74, 6) is 0.0110. The average Bonchev–Trinajstić information content (AvgIpc) is 2.60. The summed E-state index contributed by atoms with van der Waals surface area (Å²) in [6.07, 6.45) is 0. The van der Waals surface area contributed by atoms with Crippen molar-refractivity contribution in [3.05, 3.63) is 28.7 Å². The zero-order valence-electron chi connectivity index (χ0n) is 9.23. The number of benzene rings is 1. The molecule has 2 rings (SSSR count). The molecule has 1 aromatic rings. The molecular formula is C11H10BrClN2O2S. The van der Waals surface area contributed by atoms with Gasteiger partial charge in [-0.15, -0.1) is 11.6 Å². The van der Waals surface area contributed by atoms with Gasteiger partial charge in [0.25, 0.3) is 11.1 Å². The van der Waals surface area contributed by atoms with E-state index < -0.39 is 5.37 Å². The number of hydrogen-bond acceptors (Lipinski definition) is 4. The molecule has 1 N–H and O–H groups in total. The summed E-state index contributed by atoms with van der Waals surface area (Å²) in [4.78, 5) is 24.7. The standard InChI is InChI=1S/C11H10BrClN2O2S/c12-7-1-3-8(4-2-7)14-9-10(16)15(6-5-13)11(17)18-9/h1-4,9,14H,5-6H2. The third kappa shape index (κ3) is 2.99. The predicted molar refractivity (Wildman–Crippen MR) is 77.0 cm³/mol. The number of amides is 2. The smallest absolute Gasteiger partial charge is 0.290 e. The Kier molecular flexibility index (Phi) is 4.53. The van der Waals surface area contributed by atoms with Crippen molar-refractivity contribution in [2.24, 2.45) is 0 Å². The summed E-state index contributed by atoms with van der Waals surface area (Å²) in [5, 5.41) is 2.20. The Morgan fingerprint density at radius 3 is 2.61 bits per heavy atom. The molecule has 1 aliphatic heterocycles. The van der Waals surface area contributed by atoms with Gasteiger partial charge in [-0.2, -0.15) is 0 Å². The monoisotopic (exact) mass is 348 g/mol. The molecule has 1 fully saturated rings. The number of imide groups is 1. The first-order valence-electron chi connectivity index (χ1n) is 5.22. The Hall–Kier alpha value is -0.720. The van der Waals surface area contributed by atoms with Crippen LogP contribution in [-0.2, 0) is 4.79 Å². The lowest BCUT2D eigenvalue weighted by Crippen LogP contribution is -2.35. The maximum atomic E-state index is 11.9. The van der Waals surface area contributed by atoms with Crippen LogP contribution in [0.15, 0.2) is 28.7 Å². The fourth-order valence-corrected chi connectivity index (χ4v) is 2.89. The highest BCUT2D eigenvalue weighted by Crippen LogP contribution is 2.28. The number of thioether (sulfide) groups is 1. The van der Waals surface area contributed by atoms with Crippen LogP contribution in [0.25, 0.3) is 0 Å². The molecule has 0 bridgehead atoms. The summed E-state index contributed by atoms with van der Waals surface area (Å²) in [6.45, 7) is 0.255. The minimum atomic E-state index is -0.568. The summed E-state index contributed by atoms with van der Waals surface area (Å²) in [5.41, 5.74) is 0.796. The van der Waals surface area contributed by atoms with E-state index in [0.29, 0.717) is 0 Å². The number of anilines is 1. The van der Waals surface area contributed by atoms with Gasteiger partial charge >= 0.3 is 0 Å². The lowest BCUT2D eigenvalue weighted by molar-refractivity contribution is -0.126. The second-order valence-electron chi connectivity index (χ2n) is 3.59. The predicted octanol–water partition coefficient (Wildman–Crippen LogP) is 3.12. The molecule has 2 amide bonds. The van der Waals surface area contributed by atoms with Crippen LogP contribution in [0.2, 0.25) is 0 Å². The van der Waals surface area contributed by atoms with E-state index in [1.807, 2.05) is 24.3 Å². The molecule has 0 spiro atoms. The van der Waals surface area contributed by atoms with Crippen molar-refractivity contribution in [1.29, 1.82) is 0 Å². The van der Waals surface area contributed by atoms with Crippen LogP contribution in [-0.4, -0.2) is 33.8 Å². The van der Waals surface area contributed by atoms with Gasteiger partial charge in [-0.25, -0.2) is 0 Å². The van der Waals surface area contributed by atoms with Crippen molar-refractivity contribution in [3.8, 4) is 0 Å². The number of alkyl halides is 1. The molecular weight excluding hydrogens is 340 g/mol. The van der Waals surface area contributed by atoms with Gasteiger partial charge in [0.15, 0.2) is 5.37 Å². The van der Waals surface area contributed by atoms with Crippen molar-refractivity contribution >= 4 is 56.1 Å². The van der Waals surface area contributed by atoms with Crippen molar-refractivity contribution in [1.82, 2.24) is 4.90 Å². The zero-order valence-corrected chi connectivity index (χ0v) is 12.4. The average molecular weight is 350 g/mol. The molecule has 0 saturated carbocycles. The Morgan fingerprint density at radius 2 is 2.00 bits per heavy atom. The number of hydrogen-bond donors (Lipinski definition) is 1. The molecule has 0 aromatic heterocycles. The third-order valence-corrected chi connectivity index (χ3v) is 4.05. The molecule has 1 saturated heterocycles. The number of halogens is 2. The molecule has 1 unspecified atom stereocenters. The molecule has 7 heteroatoms. The van der Waals surface area contributed by atoms with Crippen LogP contribution >= 0.6 is 39.3 Å². The van der Waals surface area contributed by atoms with Gasteiger partial charge in [0, 0.05) is 22.6 Å². The van der Waals surface area contributed by atoms with E-state index in [9.17, 15) is 9.59 Å². The lowest BCUT2D eigenvalue weighted by Gasteiger charge is -2.13. The van der Waals surface area contributed by atoms with Crippen molar-refractivity contribution in [2.45, 2.75) is 5.37 Å². The Balaban J connectivity index is 2.05. The first-order valence-corrected chi connectivity index (χ1v) is 7.42. The maximum absolute atomic E-state index is 11.9. The second-order valence-corrected chi connectivity index (χ2v) is 5.94. The van der Waals surface area contributed by atoms with Gasteiger partial charge in [0.1, 0.15) is 0 Å². The van der Waals surface area contributed by atoms with Crippen molar-refractivity contribution in [3.63, 3.8) is 0 Å². The first kappa shape index (κ1) is 13.7. The molecule has 1 aromatic carbocycles. The van der Waals surface area contributed by atoms with E-state index >= 15 is 0 Å². The molecule has 18 heavy (non-hydrogen) atoms. The van der Waals surface area contributed by atoms with Gasteiger partial charge in [0.2, 0.25) is 0 Å². The normalized spacial score (nSPS) is 19.4. The minimum absolute atomic E-state index is 0.242. The first-order chi connectivity index (χ1) is 8.61. The van der Waals surface area contributed by atoms with Crippen molar-refractivity contribution < 1.29 is 9.59 Å². The van der Waals surface area contributed by atoms with Gasteiger partial charge in [-0.3, -0.25) is 14.5 Å². The fraction of sp³-hybridized carbons (Fsp3) is 0.273. The number of nitrogens with zero attached hydrogens (tertiary/aromatic N) is 1. The number of rotatable bonds is 4. The van der Waals surface area contributed by atoms with Gasteiger partial charge < -0.3 is 5.32 Å². The van der Waals surface area contributed by atoms with Crippen molar-refractivity contribution in [2.75, 3.05) is 17.7 Å². The highest BCUT2D eigenvalue weighted by atomic mass is 79.9. The van der Waals surface area contributed by atoms with E-state index in [2.05, 4.69) is 21.2 Å². The number of carbonyl (C=O) groups is 2. The highest BCUT2D eigenvalue weighted by Gasteiger charge is 2.39. The number of carbonyl (C=O) groups excluding carboxylic acids is 2. The SMILES string of the molecule is O=C1SC(Nc2ccc(Br)cc2)C(=O)N1CCCl. The van der Waals surface area contributed by atoms with E-state index in [-0.39, 0.29) is 23.6 Å². The van der Waals surface area contributed by atoms with Gasteiger partial charge in [0.05, 0.1) is 0 Å². The van der Waals surface area contributed by atoms with Gasteiger partial charge in [-0.1, -0.05) is 15.9 Å². The topological polar surface area (TPSA) is 49.4 Å². The number of nitrogens with one attached hydrogen (secondary N) is 1. The molecule has 0 aliphatic carbocycles. The fourth-order valence-electron chi connectivity index (χ4n) is 1.52. The van der Waals surface area contributed by atoms with E-state index in [1.54, 1.807) is 0 Å². The summed E-state index contributed by atoms with van der Waals surface area (Å²) >= 11 is 9.87. The van der Waals surface area contributed by atoms with Crippen LogP contribution in [0.4, 0.5) is 10.5 Å². The summed E-state index contributed by atoms with van der Waals surface area (Å²) in [6, 6.07) is 7.41. The molecule has 1 aliphatic rings. The second kappa shape index (κ2) is 5.95.